The molecule has 13 nitrogen and oxygen atoms in total. The van der Waals surface area contributed by atoms with Crippen LogP contribution in [0.5, 0.6) is 17.5 Å². The first-order valence-electron chi connectivity index (χ1n) is 18.6. The number of rotatable bonds is 22. The molecular formula is C42H47BrN4O9. The highest BCUT2D eigenvalue weighted by Crippen LogP contribution is 2.43. The summed E-state index contributed by atoms with van der Waals surface area (Å²) in [6, 6.07) is 24.5. The molecule has 0 spiro atoms. The molecule has 6 N–H and O–H groups in total. The number of carboxylic acids is 2. The van der Waals surface area contributed by atoms with Crippen molar-refractivity contribution >= 4 is 27.9 Å². The van der Waals surface area contributed by atoms with Crippen LogP contribution < -0.4 is 24.8 Å². The van der Waals surface area contributed by atoms with Crippen molar-refractivity contribution < 1.29 is 44.2 Å². The molecule has 1 heterocycles. The van der Waals surface area contributed by atoms with Crippen molar-refractivity contribution in [2.24, 2.45) is 0 Å². The third-order valence-electron chi connectivity index (χ3n) is 9.36. The summed E-state index contributed by atoms with van der Waals surface area (Å²) in [5, 5.41) is 52.4. The number of carboxylic acid groups (broad SMARTS) is 2. The highest BCUT2D eigenvalue weighted by molar-refractivity contribution is 9.10. The average Bonchev–Trinajstić information content (AvgIpc) is 3.57. The number of carbonyl (C=O) groups is 2. The fraction of sp³-hybridized carbons (Fsp3) is 0.381. The molecule has 0 saturated carbocycles. The number of aromatic nitrogens is 1. The van der Waals surface area contributed by atoms with Crippen molar-refractivity contribution in [1.29, 1.82) is 5.26 Å². The Morgan fingerprint density at radius 1 is 0.911 bits per heavy atom. The fourth-order valence-corrected chi connectivity index (χ4v) is 7.13. The first kappa shape index (κ1) is 42.1. The molecule has 3 aromatic carbocycles. The first-order chi connectivity index (χ1) is 27.0. The van der Waals surface area contributed by atoms with E-state index in [1.54, 1.807) is 0 Å². The van der Waals surface area contributed by atoms with Gasteiger partial charge in [-0.15, -0.1) is 0 Å². The van der Waals surface area contributed by atoms with Crippen molar-refractivity contribution in [3.8, 4) is 45.8 Å². The van der Waals surface area contributed by atoms with Gasteiger partial charge in [-0.1, -0.05) is 48.5 Å². The minimum absolute atomic E-state index is 0.0768. The van der Waals surface area contributed by atoms with E-state index >= 15 is 0 Å². The summed E-state index contributed by atoms with van der Waals surface area (Å²) in [4.78, 5) is 26.4. The molecule has 1 aromatic heterocycles. The number of halogens is 1. The molecule has 5 rings (SSSR count). The van der Waals surface area contributed by atoms with Crippen LogP contribution in [0.2, 0.25) is 0 Å². The number of aliphatic hydroxyl groups is 2. The van der Waals surface area contributed by atoms with Crippen LogP contribution in [0.15, 0.2) is 71.2 Å². The second-order valence-corrected chi connectivity index (χ2v) is 14.4. The molecule has 1 aliphatic rings. The lowest BCUT2D eigenvalue weighted by Gasteiger charge is -2.19. The Labute approximate surface area is 334 Å². The molecule has 2 unspecified atom stereocenters. The lowest BCUT2D eigenvalue weighted by molar-refractivity contribution is -0.140. The summed E-state index contributed by atoms with van der Waals surface area (Å²) in [6.07, 6.45) is -0.478. The van der Waals surface area contributed by atoms with Gasteiger partial charge >= 0.3 is 11.9 Å². The van der Waals surface area contributed by atoms with E-state index in [2.05, 4.69) is 76.0 Å². The van der Waals surface area contributed by atoms with E-state index in [0.717, 1.165) is 46.2 Å². The molecule has 0 fully saturated rings. The van der Waals surface area contributed by atoms with Crippen LogP contribution in [-0.4, -0.2) is 82.4 Å². The molecule has 56 heavy (non-hydrogen) atoms. The number of aliphatic carboxylic acids is 2. The monoisotopic (exact) mass is 830 g/mol. The van der Waals surface area contributed by atoms with Crippen LogP contribution in [0.25, 0.3) is 22.3 Å². The average molecular weight is 832 g/mol. The number of nitriles is 1. The van der Waals surface area contributed by atoms with Gasteiger partial charge in [0.15, 0.2) is 0 Å². The Balaban J connectivity index is 1.28. The zero-order valence-electron chi connectivity index (χ0n) is 31.2. The van der Waals surface area contributed by atoms with Gasteiger partial charge in [-0.25, -0.2) is 0 Å². The smallest absolute Gasteiger partial charge is 0.306 e. The highest BCUT2D eigenvalue weighted by Gasteiger charge is 2.29. The minimum atomic E-state index is -1.08. The van der Waals surface area contributed by atoms with Gasteiger partial charge in [-0.3, -0.25) is 9.59 Å². The summed E-state index contributed by atoms with van der Waals surface area (Å²) in [6.45, 7) is 3.78. The predicted molar refractivity (Wildman–Crippen MR) is 213 cm³/mol. The molecule has 3 atom stereocenters. The van der Waals surface area contributed by atoms with E-state index in [1.165, 1.54) is 5.56 Å². The number of hydrogen-bond acceptors (Lipinski definition) is 11. The summed E-state index contributed by atoms with van der Waals surface area (Å²) in [5.41, 5.74) is 8.58. The molecule has 0 bridgehead atoms. The molecule has 0 radical (unpaired) electrons. The van der Waals surface area contributed by atoms with Crippen LogP contribution >= 0.6 is 15.9 Å². The topological polar surface area (TPSA) is 203 Å². The maximum absolute atomic E-state index is 10.9. The van der Waals surface area contributed by atoms with Gasteiger partial charge in [-0.05, 0) is 99.3 Å². The second kappa shape index (κ2) is 20.8. The second-order valence-electron chi connectivity index (χ2n) is 13.6. The number of nitrogens with one attached hydrogen (secondary N) is 2. The van der Waals surface area contributed by atoms with Crippen LogP contribution in [-0.2, 0) is 22.6 Å². The van der Waals surface area contributed by atoms with Crippen molar-refractivity contribution in [2.45, 2.75) is 70.3 Å². The van der Waals surface area contributed by atoms with Gasteiger partial charge in [-0.2, -0.15) is 10.2 Å². The Hall–Kier alpha value is -5.04. The fourth-order valence-electron chi connectivity index (χ4n) is 6.68. The van der Waals surface area contributed by atoms with E-state index in [9.17, 15) is 19.8 Å². The third-order valence-corrected chi connectivity index (χ3v) is 9.93. The van der Waals surface area contributed by atoms with E-state index in [-0.39, 0.29) is 45.2 Å². The number of benzene rings is 3. The number of unbranched alkanes of at least 4 members (excludes halogenated alkanes) is 1. The van der Waals surface area contributed by atoms with E-state index in [4.69, 9.17) is 34.7 Å². The maximum atomic E-state index is 10.9. The van der Waals surface area contributed by atoms with Crippen molar-refractivity contribution in [3.63, 3.8) is 0 Å². The number of hydrogen-bond donors (Lipinski definition) is 6. The largest absolute Gasteiger partial charge is 0.492 e. The number of pyridine rings is 1. The molecule has 14 heteroatoms. The summed E-state index contributed by atoms with van der Waals surface area (Å²) in [5.74, 6) is -0.704. The Bertz CT molecular complexity index is 2000. The Morgan fingerprint density at radius 2 is 1.59 bits per heavy atom. The van der Waals surface area contributed by atoms with Crippen molar-refractivity contribution in [2.75, 3.05) is 32.8 Å². The van der Waals surface area contributed by atoms with Crippen molar-refractivity contribution in [3.05, 3.63) is 93.5 Å². The summed E-state index contributed by atoms with van der Waals surface area (Å²) >= 11 is 3.62. The van der Waals surface area contributed by atoms with Crippen LogP contribution in [0.4, 0.5) is 0 Å². The predicted octanol–water partition coefficient (Wildman–Crippen LogP) is 5.96. The lowest BCUT2D eigenvalue weighted by Crippen LogP contribution is -2.31. The van der Waals surface area contributed by atoms with E-state index in [1.807, 2.05) is 30.3 Å². The summed E-state index contributed by atoms with van der Waals surface area (Å²) < 4.78 is 19.0. The van der Waals surface area contributed by atoms with Crippen molar-refractivity contribution in [1.82, 2.24) is 15.6 Å². The summed E-state index contributed by atoms with van der Waals surface area (Å²) in [7, 11) is 0. The quantitative estimate of drug-likeness (QED) is 0.0507. The van der Waals surface area contributed by atoms with Crippen LogP contribution in [0.3, 0.4) is 0 Å². The number of aliphatic hydroxyl groups excluding tert-OH is 2. The Kier molecular flexibility index (Phi) is 15.6. The molecule has 4 aromatic rings. The van der Waals surface area contributed by atoms with Gasteiger partial charge in [0.05, 0.1) is 42.2 Å². The zero-order chi connectivity index (χ0) is 40.0. The number of fused-ring (bicyclic) bond motifs is 1. The van der Waals surface area contributed by atoms with Gasteiger partial charge in [0, 0.05) is 38.2 Å². The SMILES string of the molecule is Cc1c(-c2ccc(OCCNCC(O)CC(=O)O)cc2)cccc1-c1cccc2c1CC[C@@H]2Oc1nc(OCCCC#N)c(CNCC(O)CC(=O)O)cc1Br. The van der Waals surface area contributed by atoms with Gasteiger partial charge in [0.1, 0.15) is 18.5 Å². The van der Waals surface area contributed by atoms with Crippen LogP contribution in [0, 0.1) is 18.3 Å². The lowest BCUT2D eigenvalue weighted by atomic mass is 9.89. The Morgan fingerprint density at radius 3 is 2.30 bits per heavy atom. The number of ether oxygens (including phenoxy) is 3. The van der Waals surface area contributed by atoms with Gasteiger partial charge in [0.2, 0.25) is 11.8 Å². The molecule has 296 valence electrons. The van der Waals surface area contributed by atoms with Crippen LogP contribution in [0.1, 0.15) is 60.5 Å². The molecule has 0 amide bonds. The zero-order valence-corrected chi connectivity index (χ0v) is 32.8. The molecule has 0 aliphatic heterocycles. The minimum Gasteiger partial charge on any atom is -0.492 e. The molecule has 0 saturated heterocycles. The molecule has 1 aliphatic carbocycles. The standard InChI is InChI=1S/C42H47BrN4O9/c1-26-32(27-10-12-31(13-11-27)54-19-17-45-24-29(48)21-39(50)51)6-4-7-33(26)34-8-5-9-36-35(34)14-15-38(36)56-42-37(43)20-28(23-46-25-30(49)22-40(52)53)41(47-42)55-18-3-2-16-44/h4-13,20,29-30,38,45-46,48-49H,2-3,14-15,17-19,21-25H2,1H3,(H,50,51)(H,52,53)/t29?,30?,38-/m0/s1. The highest BCUT2D eigenvalue weighted by atomic mass is 79.9. The normalized spacial score (nSPS) is 14.4. The van der Waals surface area contributed by atoms with Gasteiger partial charge in [0.25, 0.3) is 0 Å². The third kappa shape index (κ3) is 11.7. The molecular weight excluding hydrogens is 784 g/mol. The van der Waals surface area contributed by atoms with E-state index < -0.39 is 24.1 Å². The number of nitrogens with zero attached hydrogens (tertiary/aromatic N) is 2. The van der Waals surface area contributed by atoms with E-state index in [0.29, 0.717) is 53.5 Å². The first-order valence-corrected chi connectivity index (χ1v) is 19.3. The van der Waals surface area contributed by atoms with Gasteiger partial charge < -0.3 is 45.3 Å². The maximum Gasteiger partial charge on any atom is 0.306 e.